The molecule has 1 aromatic heterocycles. The van der Waals surface area contributed by atoms with Crippen molar-refractivity contribution in [2.24, 2.45) is 5.73 Å². The smallest absolute Gasteiger partial charge is 0.327 e. The Labute approximate surface area is 114 Å². The summed E-state index contributed by atoms with van der Waals surface area (Å²) < 4.78 is 7.13. The van der Waals surface area contributed by atoms with E-state index < -0.39 is 5.54 Å². The molecule has 0 aromatic carbocycles. The average Bonchev–Trinajstić information content (AvgIpc) is 2.66. The zero-order valence-corrected chi connectivity index (χ0v) is 12.0. The van der Waals surface area contributed by atoms with Crippen LogP contribution in [-0.4, -0.2) is 27.7 Å². The lowest BCUT2D eigenvalue weighted by molar-refractivity contribution is -0.149. The van der Waals surface area contributed by atoms with Crippen LogP contribution in [0.5, 0.6) is 0 Å². The van der Waals surface area contributed by atoms with Gasteiger partial charge in [-0.2, -0.15) is 0 Å². The van der Waals surface area contributed by atoms with E-state index in [-0.39, 0.29) is 5.97 Å². The number of aromatic nitrogens is 2. The Balaban J connectivity index is 2.23. The van der Waals surface area contributed by atoms with E-state index in [0.29, 0.717) is 13.2 Å². The van der Waals surface area contributed by atoms with Crippen molar-refractivity contribution in [3.05, 3.63) is 17.2 Å². The van der Waals surface area contributed by atoms with Crippen molar-refractivity contribution in [1.82, 2.24) is 9.55 Å². The molecule has 1 heterocycles. The molecule has 0 bridgehead atoms. The van der Waals surface area contributed by atoms with Crippen LogP contribution in [0.4, 0.5) is 0 Å². The van der Waals surface area contributed by atoms with Gasteiger partial charge in [0.1, 0.15) is 11.4 Å². The highest BCUT2D eigenvalue weighted by atomic mass is 16.5. The maximum atomic E-state index is 11.9. The second kappa shape index (κ2) is 5.33. The zero-order chi connectivity index (χ0) is 14.0. The lowest BCUT2D eigenvalue weighted by Crippen LogP contribution is -2.50. The Bertz CT molecular complexity index is 477. The third-order valence-corrected chi connectivity index (χ3v) is 3.65. The molecule has 0 amide bonds. The molecule has 0 spiro atoms. The van der Waals surface area contributed by atoms with Gasteiger partial charge < -0.3 is 15.0 Å². The molecule has 1 aliphatic rings. The number of aryl methyl sites for hydroxylation is 2. The van der Waals surface area contributed by atoms with Gasteiger partial charge in [0, 0.05) is 5.69 Å². The number of hydrogen-bond acceptors (Lipinski definition) is 4. The molecular weight excluding hydrogens is 242 g/mol. The number of imidazole rings is 1. The van der Waals surface area contributed by atoms with Crippen LogP contribution >= 0.6 is 0 Å². The summed E-state index contributed by atoms with van der Waals surface area (Å²) in [5.41, 5.74) is 7.52. The van der Waals surface area contributed by atoms with E-state index in [1.54, 1.807) is 13.8 Å². The van der Waals surface area contributed by atoms with Crippen molar-refractivity contribution < 1.29 is 9.53 Å². The van der Waals surface area contributed by atoms with Crippen LogP contribution in [0.25, 0.3) is 0 Å². The van der Waals surface area contributed by atoms with Crippen molar-refractivity contribution in [3.8, 4) is 0 Å². The summed E-state index contributed by atoms with van der Waals surface area (Å²) >= 11 is 0. The highest BCUT2D eigenvalue weighted by Crippen LogP contribution is 2.23. The standard InChI is InChI=1S/C14H23N3O2/c1-4-19-13(18)14(3,15)9-17-10(2)16-11-7-5-6-8-12(11)17/h4-9,15H2,1-3H3. The minimum absolute atomic E-state index is 0.354. The van der Waals surface area contributed by atoms with Crippen molar-refractivity contribution in [1.29, 1.82) is 0 Å². The molecule has 1 aliphatic carbocycles. The summed E-state index contributed by atoms with van der Waals surface area (Å²) in [5, 5.41) is 0. The first-order chi connectivity index (χ1) is 8.95. The molecular formula is C14H23N3O2. The Morgan fingerprint density at radius 3 is 2.84 bits per heavy atom. The van der Waals surface area contributed by atoms with E-state index >= 15 is 0 Å². The van der Waals surface area contributed by atoms with Crippen molar-refractivity contribution in [2.45, 2.75) is 58.5 Å². The molecule has 0 saturated carbocycles. The van der Waals surface area contributed by atoms with Gasteiger partial charge in [0.05, 0.1) is 18.8 Å². The van der Waals surface area contributed by atoms with Gasteiger partial charge in [-0.05, 0) is 46.5 Å². The Morgan fingerprint density at radius 2 is 2.16 bits per heavy atom. The van der Waals surface area contributed by atoms with Gasteiger partial charge in [-0.15, -0.1) is 0 Å². The lowest BCUT2D eigenvalue weighted by Gasteiger charge is -2.25. The summed E-state index contributed by atoms with van der Waals surface area (Å²) in [6.07, 6.45) is 4.43. The van der Waals surface area contributed by atoms with Crippen molar-refractivity contribution in [3.63, 3.8) is 0 Å². The number of fused-ring (bicyclic) bond motifs is 1. The van der Waals surface area contributed by atoms with Crippen LogP contribution in [0.1, 0.15) is 43.9 Å². The topological polar surface area (TPSA) is 70.1 Å². The van der Waals surface area contributed by atoms with Crippen LogP contribution < -0.4 is 5.73 Å². The van der Waals surface area contributed by atoms with Gasteiger partial charge in [-0.1, -0.05) is 0 Å². The van der Waals surface area contributed by atoms with Crippen molar-refractivity contribution >= 4 is 5.97 Å². The molecule has 2 N–H and O–H groups in total. The fourth-order valence-corrected chi connectivity index (χ4v) is 2.63. The van der Waals surface area contributed by atoms with Gasteiger partial charge in [-0.3, -0.25) is 0 Å². The van der Waals surface area contributed by atoms with E-state index in [4.69, 9.17) is 10.5 Å². The second-order valence-corrected chi connectivity index (χ2v) is 5.48. The largest absolute Gasteiger partial charge is 0.465 e. The third-order valence-electron chi connectivity index (χ3n) is 3.65. The molecule has 0 fully saturated rings. The molecule has 1 unspecified atom stereocenters. The van der Waals surface area contributed by atoms with Crippen LogP contribution in [-0.2, 0) is 28.9 Å². The van der Waals surface area contributed by atoms with Gasteiger partial charge in [0.2, 0.25) is 0 Å². The first kappa shape index (κ1) is 14.1. The normalized spacial score (nSPS) is 17.7. The van der Waals surface area contributed by atoms with Gasteiger partial charge in [0.25, 0.3) is 0 Å². The first-order valence-corrected chi connectivity index (χ1v) is 6.96. The molecule has 1 aromatic rings. The maximum Gasteiger partial charge on any atom is 0.327 e. The number of rotatable bonds is 4. The second-order valence-electron chi connectivity index (χ2n) is 5.48. The first-order valence-electron chi connectivity index (χ1n) is 6.96. The van der Waals surface area contributed by atoms with Crippen LogP contribution in [0, 0.1) is 6.92 Å². The molecule has 0 radical (unpaired) electrons. The number of esters is 1. The highest BCUT2D eigenvalue weighted by molar-refractivity contribution is 5.79. The summed E-state index contributed by atoms with van der Waals surface area (Å²) in [6, 6.07) is 0. The molecule has 106 valence electrons. The predicted molar refractivity (Wildman–Crippen MR) is 72.8 cm³/mol. The fourth-order valence-electron chi connectivity index (χ4n) is 2.63. The van der Waals surface area contributed by atoms with E-state index in [1.807, 2.05) is 6.92 Å². The quantitative estimate of drug-likeness (QED) is 0.834. The van der Waals surface area contributed by atoms with Crippen LogP contribution in [0.3, 0.4) is 0 Å². The van der Waals surface area contributed by atoms with Gasteiger partial charge in [0.15, 0.2) is 0 Å². The molecule has 5 nitrogen and oxygen atoms in total. The molecule has 5 heteroatoms. The highest BCUT2D eigenvalue weighted by Gasteiger charge is 2.32. The number of ether oxygens (including phenoxy) is 1. The molecule has 2 rings (SSSR count). The van der Waals surface area contributed by atoms with E-state index in [9.17, 15) is 4.79 Å². The van der Waals surface area contributed by atoms with Gasteiger partial charge in [-0.25, -0.2) is 9.78 Å². The zero-order valence-electron chi connectivity index (χ0n) is 12.0. The lowest BCUT2D eigenvalue weighted by atomic mass is 9.99. The summed E-state index contributed by atoms with van der Waals surface area (Å²) in [6.45, 7) is 6.27. The number of nitrogens with zero attached hydrogens (tertiary/aromatic N) is 2. The number of carbonyl (C=O) groups excluding carboxylic acids is 1. The van der Waals surface area contributed by atoms with Gasteiger partial charge >= 0.3 is 5.97 Å². The summed E-state index contributed by atoms with van der Waals surface area (Å²) in [4.78, 5) is 16.5. The summed E-state index contributed by atoms with van der Waals surface area (Å²) in [7, 11) is 0. The van der Waals surface area contributed by atoms with E-state index in [1.165, 1.54) is 24.2 Å². The minimum Gasteiger partial charge on any atom is -0.465 e. The Hall–Kier alpha value is -1.36. The number of nitrogens with two attached hydrogens (primary N) is 1. The van der Waals surface area contributed by atoms with E-state index in [0.717, 1.165) is 18.7 Å². The van der Waals surface area contributed by atoms with Crippen LogP contribution in [0.2, 0.25) is 0 Å². The predicted octanol–water partition coefficient (Wildman–Crippen LogP) is 1.35. The molecule has 0 aliphatic heterocycles. The maximum absolute atomic E-state index is 11.9. The van der Waals surface area contributed by atoms with E-state index in [2.05, 4.69) is 9.55 Å². The summed E-state index contributed by atoms with van der Waals surface area (Å²) in [5.74, 6) is 0.584. The minimum atomic E-state index is -1.01. The monoisotopic (exact) mass is 265 g/mol. The molecule has 19 heavy (non-hydrogen) atoms. The van der Waals surface area contributed by atoms with Crippen molar-refractivity contribution in [2.75, 3.05) is 6.61 Å². The van der Waals surface area contributed by atoms with Crippen LogP contribution in [0.15, 0.2) is 0 Å². The Morgan fingerprint density at radius 1 is 1.47 bits per heavy atom. The average molecular weight is 265 g/mol. The number of hydrogen-bond donors (Lipinski definition) is 1. The fraction of sp³-hybridized carbons (Fsp3) is 0.714. The molecule has 1 atom stereocenters. The third kappa shape index (κ3) is 2.81. The Kier molecular flexibility index (Phi) is 3.94. The molecule has 0 saturated heterocycles. The number of carbonyl (C=O) groups is 1. The SMILES string of the molecule is CCOC(=O)C(C)(N)Cn1c(C)nc2c1CCCC2.